The molecule has 0 aliphatic heterocycles. The van der Waals surface area contributed by atoms with Crippen LogP contribution in [0.25, 0.3) is 10.6 Å². The predicted molar refractivity (Wildman–Crippen MR) is 98.6 cm³/mol. The van der Waals surface area contributed by atoms with Gasteiger partial charge < -0.3 is 0 Å². The topological polar surface area (TPSA) is 91.9 Å². The first kappa shape index (κ1) is 17.4. The molecule has 0 spiro atoms. The Bertz CT molecular complexity index is 1050. The quantitative estimate of drug-likeness (QED) is 0.664. The van der Waals surface area contributed by atoms with Crippen molar-refractivity contribution in [2.24, 2.45) is 0 Å². The maximum Gasteiger partial charge on any atom is 0.271 e. The lowest BCUT2D eigenvalue weighted by atomic mass is 10.1. The van der Waals surface area contributed by atoms with Crippen molar-refractivity contribution in [1.29, 1.82) is 0 Å². The summed E-state index contributed by atoms with van der Waals surface area (Å²) in [6, 6.07) is 9.72. The van der Waals surface area contributed by atoms with Gasteiger partial charge in [-0.25, -0.2) is 8.42 Å². The molecule has 3 rings (SSSR count). The van der Waals surface area contributed by atoms with Gasteiger partial charge in [-0.2, -0.15) is 5.10 Å². The number of hydrogen-bond acceptors (Lipinski definition) is 5. The fourth-order valence-corrected chi connectivity index (χ4v) is 4.73. The van der Waals surface area contributed by atoms with E-state index in [9.17, 15) is 13.2 Å². The SMILES string of the molecule is CC(=O)c1cccc(NS(=O)(=O)c2ccc(-c3n[nH]c(C)c3C)s2)c1. The number of sulfonamides is 1. The highest BCUT2D eigenvalue weighted by Gasteiger charge is 2.19. The van der Waals surface area contributed by atoms with E-state index in [1.54, 1.807) is 30.3 Å². The zero-order valence-corrected chi connectivity index (χ0v) is 15.6. The van der Waals surface area contributed by atoms with Crippen LogP contribution in [0, 0.1) is 13.8 Å². The first-order valence-electron chi connectivity index (χ1n) is 7.53. The molecule has 0 radical (unpaired) electrons. The van der Waals surface area contributed by atoms with E-state index in [1.165, 1.54) is 13.0 Å². The normalized spacial score (nSPS) is 11.5. The van der Waals surface area contributed by atoms with Crippen LogP contribution in [-0.4, -0.2) is 24.4 Å². The second-order valence-electron chi connectivity index (χ2n) is 5.68. The average molecular weight is 375 g/mol. The maximum atomic E-state index is 12.6. The number of carbonyl (C=O) groups is 1. The first-order valence-corrected chi connectivity index (χ1v) is 9.83. The summed E-state index contributed by atoms with van der Waals surface area (Å²) in [5.74, 6) is -0.121. The molecule has 2 heterocycles. The van der Waals surface area contributed by atoms with E-state index in [2.05, 4.69) is 14.9 Å². The third-order valence-electron chi connectivity index (χ3n) is 3.85. The van der Waals surface area contributed by atoms with E-state index >= 15 is 0 Å². The van der Waals surface area contributed by atoms with Gasteiger partial charge in [-0.05, 0) is 50.6 Å². The molecular formula is C17H17N3O3S2. The summed E-state index contributed by atoms with van der Waals surface area (Å²) in [5, 5.41) is 7.13. The minimum atomic E-state index is -3.73. The van der Waals surface area contributed by atoms with Gasteiger partial charge >= 0.3 is 0 Å². The van der Waals surface area contributed by atoms with Crippen LogP contribution in [0.5, 0.6) is 0 Å². The number of Topliss-reactive ketones (excluding diaryl/α,β-unsaturated/α-hetero) is 1. The van der Waals surface area contributed by atoms with Crippen LogP contribution in [0.4, 0.5) is 5.69 Å². The highest BCUT2D eigenvalue weighted by molar-refractivity contribution is 7.94. The van der Waals surface area contributed by atoms with Gasteiger partial charge in [-0.3, -0.25) is 14.6 Å². The van der Waals surface area contributed by atoms with E-state index < -0.39 is 10.0 Å². The molecule has 0 saturated heterocycles. The van der Waals surface area contributed by atoms with E-state index in [4.69, 9.17) is 0 Å². The summed E-state index contributed by atoms with van der Waals surface area (Å²) in [7, 11) is -3.73. The number of aryl methyl sites for hydroxylation is 1. The molecule has 0 bridgehead atoms. The van der Waals surface area contributed by atoms with Gasteiger partial charge in [-0.1, -0.05) is 12.1 Å². The number of carbonyl (C=O) groups excluding carboxylic acids is 1. The Morgan fingerprint density at radius 3 is 2.60 bits per heavy atom. The minimum Gasteiger partial charge on any atom is -0.295 e. The number of thiophene rings is 1. The van der Waals surface area contributed by atoms with Crippen LogP contribution >= 0.6 is 11.3 Å². The third kappa shape index (κ3) is 3.49. The molecule has 6 nitrogen and oxygen atoms in total. The van der Waals surface area contributed by atoms with Crippen molar-refractivity contribution in [2.45, 2.75) is 25.0 Å². The Morgan fingerprint density at radius 2 is 1.96 bits per heavy atom. The lowest BCUT2D eigenvalue weighted by molar-refractivity contribution is 0.101. The van der Waals surface area contributed by atoms with E-state index in [0.717, 1.165) is 33.2 Å². The van der Waals surface area contributed by atoms with Crippen LogP contribution in [-0.2, 0) is 10.0 Å². The van der Waals surface area contributed by atoms with Crippen molar-refractivity contribution in [3.05, 3.63) is 53.2 Å². The molecule has 3 aromatic rings. The zero-order valence-electron chi connectivity index (χ0n) is 14.0. The summed E-state index contributed by atoms with van der Waals surface area (Å²) in [6.45, 7) is 5.29. The van der Waals surface area contributed by atoms with Gasteiger partial charge in [0.15, 0.2) is 5.78 Å². The van der Waals surface area contributed by atoms with Crippen molar-refractivity contribution in [3.63, 3.8) is 0 Å². The van der Waals surface area contributed by atoms with Crippen LogP contribution in [0.15, 0.2) is 40.6 Å². The molecule has 1 aromatic carbocycles. The zero-order chi connectivity index (χ0) is 18.2. The van der Waals surface area contributed by atoms with Crippen molar-refractivity contribution < 1.29 is 13.2 Å². The van der Waals surface area contributed by atoms with Crippen LogP contribution in [0.2, 0.25) is 0 Å². The molecular weight excluding hydrogens is 358 g/mol. The summed E-state index contributed by atoms with van der Waals surface area (Å²) in [5.41, 5.74) is 3.51. The number of aromatic nitrogens is 2. The molecule has 130 valence electrons. The van der Waals surface area contributed by atoms with Crippen molar-refractivity contribution >= 4 is 32.8 Å². The predicted octanol–water partition coefficient (Wildman–Crippen LogP) is 3.76. The van der Waals surface area contributed by atoms with Crippen LogP contribution in [0.3, 0.4) is 0 Å². The molecule has 2 aromatic heterocycles. The number of rotatable bonds is 5. The van der Waals surface area contributed by atoms with Gasteiger partial charge in [0.05, 0.1) is 4.88 Å². The number of nitrogens with zero attached hydrogens (tertiary/aromatic N) is 1. The van der Waals surface area contributed by atoms with Gasteiger partial charge in [0.25, 0.3) is 10.0 Å². The van der Waals surface area contributed by atoms with Crippen molar-refractivity contribution in [3.8, 4) is 10.6 Å². The largest absolute Gasteiger partial charge is 0.295 e. The monoisotopic (exact) mass is 375 g/mol. The Morgan fingerprint density at radius 1 is 1.20 bits per heavy atom. The van der Waals surface area contributed by atoms with Crippen molar-refractivity contribution in [1.82, 2.24) is 10.2 Å². The lowest BCUT2D eigenvalue weighted by Gasteiger charge is -2.07. The number of anilines is 1. The Labute approximate surface area is 150 Å². The Hall–Kier alpha value is -2.45. The number of H-pyrrole nitrogens is 1. The second kappa shape index (κ2) is 6.45. The molecule has 25 heavy (non-hydrogen) atoms. The number of hydrogen-bond donors (Lipinski definition) is 2. The fourth-order valence-electron chi connectivity index (χ4n) is 2.32. The number of nitrogens with one attached hydrogen (secondary N) is 2. The van der Waals surface area contributed by atoms with E-state index in [1.807, 2.05) is 13.8 Å². The summed E-state index contributed by atoms with van der Waals surface area (Å²) in [4.78, 5) is 12.2. The highest BCUT2D eigenvalue weighted by Crippen LogP contribution is 2.33. The molecule has 0 amide bonds. The Balaban J connectivity index is 1.90. The molecule has 8 heteroatoms. The lowest BCUT2D eigenvalue weighted by Crippen LogP contribution is -2.11. The van der Waals surface area contributed by atoms with Gasteiger partial charge in [0, 0.05) is 16.9 Å². The first-order chi connectivity index (χ1) is 11.8. The van der Waals surface area contributed by atoms with Gasteiger partial charge in [-0.15, -0.1) is 11.3 Å². The maximum absolute atomic E-state index is 12.6. The number of ketones is 1. The third-order valence-corrected chi connectivity index (χ3v) is 6.82. The summed E-state index contributed by atoms with van der Waals surface area (Å²) < 4.78 is 27.9. The molecule has 0 atom stereocenters. The van der Waals surface area contributed by atoms with Crippen LogP contribution in [0.1, 0.15) is 28.5 Å². The second-order valence-corrected chi connectivity index (χ2v) is 8.68. The highest BCUT2D eigenvalue weighted by atomic mass is 32.2. The van der Waals surface area contributed by atoms with Crippen molar-refractivity contribution in [2.75, 3.05) is 4.72 Å². The molecule has 0 fully saturated rings. The standard InChI is InChI=1S/C17H17N3O3S2/c1-10-11(2)18-19-17(10)15-7-8-16(24-15)25(22,23)20-14-6-4-5-13(9-14)12(3)21/h4-9,20H,1-3H3,(H,18,19). The molecule has 0 saturated carbocycles. The molecule has 0 aliphatic rings. The summed E-state index contributed by atoms with van der Waals surface area (Å²) in [6.07, 6.45) is 0. The van der Waals surface area contributed by atoms with Crippen LogP contribution < -0.4 is 4.72 Å². The minimum absolute atomic E-state index is 0.121. The number of benzene rings is 1. The molecule has 2 N–H and O–H groups in total. The fraction of sp³-hybridized carbons (Fsp3) is 0.176. The average Bonchev–Trinajstić information content (AvgIpc) is 3.16. The van der Waals surface area contributed by atoms with E-state index in [0.29, 0.717) is 11.3 Å². The Kier molecular flexibility index (Phi) is 4.49. The van der Waals surface area contributed by atoms with E-state index in [-0.39, 0.29) is 9.99 Å². The smallest absolute Gasteiger partial charge is 0.271 e. The summed E-state index contributed by atoms with van der Waals surface area (Å²) >= 11 is 1.15. The number of aromatic amines is 1. The molecule has 0 aliphatic carbocycles. The van der Waals surface area contributed by atoms with Gasteiger partial charge in [0.1, 0.15) is 9.90 Å². The molecule has 0 unspecified atom stereocenters. The van der Waals surface area contributed by atoms with Gasteiger partial charge in [0.2, 0.25) is 0 Å².